The van der Waals surface area contributed by atoms with Gasteiger partial charge in [-0.2, -0.15) is 0 Å². The number of H-pyrrole nitrogens is 1. The van der Waals surface area contributed by atoms with Crippen LogP contribution < -0.4 is 0 Å². The lowest BCUT2D eigenvalue weighted by Crippen LogP contribution is -2.34. The number of aliphatic hydroxyl groups excluding tert-OH is 4. The van der Waals surface area contributed by atoms with Crippen LogP contribution in [0.4, 0.5) is 0 Å². The zero-order chi connectivity index (χ0) is 14.7. The van der Waals surface area contributed by atoms with Gasteiger partial charge >= 0.3 is 0 Å². The third-order valence-corrected chi connectivity index (χ3v) is 3.00. The molecule has 0 aliphatic carbocycles. The van der Waals surface area contributed by atoms with Crippen LogP contribution in [-0.4, -0.2) is 68.3 Å². The number of imidazole rings is 1. The Labute approximate surface area is 114 Å². The van der Waals surface area contributed by atoms with Crippen LogP contribution >= 0.6 is 0 Å². The largest absolute Gasteiger partial charge is 0.394 e. The number of aliphatic hydroxyl groups is 4. The average Bonchev–Trinajstić information content (AvgIpc) is 3.12. The predicted octanol–water partition coefficient (Wildman–Crippen LogP) is -1.75. The molecule has 0 radical (unpaired) electrons. The second kappa shape index (κ2) is 6.29. The van der Waals surface area contributed by atoms with Gasteiger partial charge in [0.1, 0.15) is 24.0 Å². The van der Waals surface area contributed by atoms with Crippen LogP contribution in [0.5, 0.6) is 0 Å². The Balaban J connectivity index is 2.06. The first-order valence-corrected chi connectivity index (χ1v) is 6.02. The van der Waals surface area contributed by atoms with Crippen LogP contribution in [0, 0.1) is 0 Å². The van der Waals surface area contributed by atoms with Gasteiger partial charge in [0.2, 0.25) is 6.29 Å². The van der Waals surface area contributed by atoms with E-state index in [1.165, 1.54) is 13.3 Å². The van der Waals surface area contributed by atoms with Crippen LogP contribution in [0.3, 0.4) is 0 Å². The number of ether oxygens (including phenoxy) is 1. The van der Waals surface area contributed by atoms with Gasteiger partial charge in [0.05, 0.1) is 24.9 Å². The summed E-state index contributed by atoms with van der Waals surface area (Å²) in [7, 11) is 1.49. The van der Waals surface area contributed by atoms with Gasteiger partial charge in [0, 0.05) is 7.11 Å². The fourth-order valence-electron chi connectivity index (χ4n) is 1.76. The molecule has 0 saturated carbocycles. The van der Waals surface area contributed by atoms with Crippen molar-refractivity contribution in [2.45, 2.75) is 31.0 Å². The average molecular weight is 287 g/mol. The highest BCUT2D eigenvalue weighted by atomic mass is 16.8. The number of aromatic amines is 1. The molecule has 0 spiro atoms. The number of aromatic nitrogens is 2. The molecule has 1 aromatic rings. The van der Waals surface area contributed by atoms with Crippen LogP contribution in [0.2, 0.25) is 0 Å². The van der Waals surface area contributed by atoms with Gasteiger partial charge in [-0.1, -0.05) is 5.16 Å². The van der Waals surface area contributed by atoms with Crippen molar-refractivity contribution in [2.24, 2.45) is 5.16 Å². The summed E-state index contributed by atoms with van der Waals surface area (Å²) in [6.45, 7) is -0.657. The highest BCUT2D eigenvalue weighted by Crippen LogP contribution is 2.20. The minimum Gasteiger partial charge on any atom is -0.394 e. The van der Waals surface area contributed by atoms with Crippen LogP contribution in [0.25, 0.3) is 0 Å². The van der Waals surface area contributed by atoms with E-state index in [1.807, 2.05) is 0 Å². The van der Waals surface area contributed by atoms with Gasteiger partial charge in [0.25, 0.3) is 0 Å². The zero-order valence-electron chi connectivity index (χ0n) is 10.8. The maximum Gasteiger partial charge on any atom is 0.232 e. The van der Waals surface area contributed by atoms with Gasteiger partial charge in [-0.3, -0.25) is 0 Å². The first-order chi connectivity index (χ1) is 9.56. The second-order valence-electron chi connectivity index (χ2n) is 4.39. The van der Waals surface area contributed by atoms with Crippen molar-refractivity contribution in [3.63, 3.8) is 0 Å². The molecule has 0 saturated heterocycles. The van der Waals surface area contributed by atoms with E-state index in [9.17, 15) is 15.3 Å². The van der Waals surface area contributed by atoms with E-state index in [0.29, 0.717) is 18.0 Å². The van der Waals surface area contributed by atoms with Crippen molar-refractivity contribution in [1.82, 2.24) is 9.97 Å². The van der Waals surface area contributed by atoms with Crippen molar-refractivity contribution in [2.75, 3.05) is 13.7 Å². The highest BCUT2D eigenvalue weighted by Gasteiger charge is 2.29. The van der Waals surface area contributed by atoms with Gasteiger partial charge < -0.3 is 35.0 Å². The molecule has 2 rings (SSSR count). The van der Waals surface area contributed by atoms with E-state index in [-0.39, 0.29) is 5.69 Å². The van der Waals surface area contributed by atoms with Gasteiger partial charge in [0.15, 0.2) is 5.82 Å². The monoisotopic (exact) mass is 287 g/mol. The fourth-order valence-corrected chi connectivity index (χ4v) is 1.76. The van der Waals surface area contributed by atoms with Crippen LogP contribution in [0.1, 0.15) is 24.0 Å². The standard InChI is InChI=1S/C11H17N3O6/c1-19-8-2-5(14-20-8)11-12-3-6(13-11)9(17)10(18)7(16)4-15/h3,7-10,15-18H,2,4H2,1H3,(H,12,13). The zero-order valence-corrected chi connectivity index (χ0v) is 10.8. The predicted molar refractivity (Wildman–Crippen MR) is 65.7 cm³/mol. The topological polar surface area (TPSA) is 140 Å². The smallest absolute Gasteiger partial charge is 0.232 e. The normalized spacial score (nSPS) is 23.1. The van der Waals surface area contributed by atoms with Crippen molar-refractivity contribution in [3.8, 4) is 0 Å². The van der Waals surface area contributed by atoms with Crippen LogP contribution in [0.15, 0.2) is 11.4 Å². The lowest BCUT2D eigenvalue weighted by atomic mass is 10.1. The lowest BCUT2D eigenvalue weighted by molar-refractivity contribution is -0.103. The number of methoxy groups -OCH3 is 1. The summed E-state index contributed by atoms with van der Waals surface area (Å²) in [6, 6.07) is 0. The number of nitrogens with zero attached hydrogens (tertiary/aromatic N) is 2. The molecule has 9 nitrogen and oxygen atoms in total. The summed E-state index contributed by atoms with van der Waals surface area (Å²) in [5.41, 5.74) is 0.719. The van der Waals surface area contributed by atoms with E-state index in [1.54, 1.807) is 0 Å². The Morgan fingerprint density at radius 2 is 2.25 bits per heavy atom. The molecule has 4 atom stereocenters. The van der Waals surface area contributed by atoms with Crippen LogP contribution in [-0.2, 0) is 9.57 Å². The molecular formula is C11H17N3O6. The molecule has 2 heterocycles. The van der Waals surface area contributed by atoms with E-state index >= 15 is 0 Å². The molecule has 112 valence electrons. The lowest BCUT2D eigenvalue weighted by Gasteiger charge is -2.20. The molecule has 0 aromatic carbocycles. The molecule has 0 bridgehead atoms. The third kappa shape index (κ3) is 2.97. The minimum atomic E-state index is -1.53. The fraction of sp³-hybridized carbons (Fsp3) is 0.636. The van der Waals surface area contributed by atoms with Crippen molar-refractivity contribution < 1.29 is 30.0 Å². The minimum absolute atomic E-state index is 0.198. The molecule has 20 heavy (non-hydrogen) atoms. The van der Waals surface area contributed by atoms with E-state index in [4.69, 9.17) is 14.7 Å². The number of nitrogens with one attached hydrogen (secondary N) is 1. The van der Waals surface area contributed by atoms with Gasteiger partial charge in [-0.05, 0) is 0 Å². The van der Waals surface area contributed by atoms with Gasteiger partial charge in [-0.25, -0.2) is 4.98 Å². The SMILES string of the molecule is COC1CC(c2ncc(C(O)C(O)C(O)CO)[nH]2)=NO1. The number of rotatable bonds is 6. The quantitative estimate of drug-likeness (QED) is 0.418. The maximum atomic E-state index is 9.86. The Morgan fingerprint density at radius 3 is 2.85 bits per heavy atom. The van der Waals surface area contributed by atoms with E-state index in [2.05, 4.69) is 15.1 Å². The molecule has 1 aliphatic heterocycles. The summed E-state index contributed by atoms with van der Waals surface area (Å²) >= 11 is 0. The molecular weight excluding hydrogens is 270 g/mol. The highest BCUT2D eigenvalue weighted by molar-refractivity contribution is 5.98. The van der Waals surface area contributed by atoms with E-state index in [0.717, 1.165) is 0 Å². The molecule has 1 aliphatic rings. The number of hydrogen-bond acceptors (Lipinski definition) is 8. The molecule has 0 amide bonds. The van der Waals surface area contributed by atoms with Crippen molar-refractivity contribution in [1.29, 1.82) is 0 Å². The summed E-state index contributed by atoms with van der Waals surface area (Å²) in [5, 5.41) is 41.3. The first kappa shape index (κ1) is 14.9. The Hall–Kier alpha value is -1.52. The van der Waals surface area contributed by atoms with Gasteiger partial charge in [-0.15, -0.1) is 0 Å². The second-order valence-corrected chi connectivity index (χ2v) is 4.39. The molecule has 0 fully saturated rings. The summed E-state index contributed by atoms with van der Waals surface area (Å²) in [6.07, 6.45) is -3.12. The van der Waals surface area contributed by atoms with Crippen molar-refractivity contribution >= 4 is 5.71 Å². The Kier molecular flexibility index (Phi) is 4.68. The summed E-state index contributed by atoms with van der Waals surface area (Å²) in [5.74, 6) is 0.379. The summed E-state index contributed by atoms with van der Waals surface area (Å²) < 4.78 is 4.97. The maximum absolute atomic E-state index is 9.86. The molecule has 1 aromatic heterocycles. The summed E-state index contributed by atoms with van der Waals surface area (Å²) in [4.78, 5) is 11.8. The third-order valence-electron chi connectivity index (χ3n) is 3.00. The first-order valence-electron chi connectivity index (χ1n) is 6.02. The van der Waals surface area contributed by atoms with Crippen molar-refractivity contribution in [3.05, 3.63) is 17.7 Å². The molecule has 9 heteroatoms. The molecule has 5 N–H and O–H groups in total. The number of hydrogen-bond donors (Lipinski definition) is 5. The Morgan fingerprint density at radius 1 is 1.50 bits per heavy atom. The molecule has 4 unspecified atom stereocenters. The Bertz CT molecular complexity index is 476. The van der Waals surface area contributed by atoms with E-state index < -0.39 is 31.2 Å². The number of oxime groups is 1.